The molecule has 2 saturated heterocycles. The van der Waals surface area contributed by atoms with E-state index in [1.807, 2.05) is 24.3 Å². The van der Waals surface area contributed by atoms with Gasteiger partial charge in [0.05, 0.1) is 42.4 Å². The molecule has 46 heavy (non-hydrogen) atoms. The van der Waals surface area contributed by atoms with Gasteiger partial charge in [0, 0.05) is 44.3 Å². The molecule has 3 aromatic heterocycles. The highest BCUT2D eigenvalue weighted by atomic mass is 16.5. The summed E-state index contributed by atoms with van der Waals surface area (Å²) in [7, 11) is 0. The fourth-order valence-electron chi connectivity index (χ4n) is 5.75. The number of pyridine rings is 2. The standard InChI is InChI=1S/C33H38N8O5/c1-33(2,3)26-20-40(11-12-41(26)32(43)44)25-9-10-27(34-19-25)37-31-35-18-23-17-24(21-46-30(42)22-7-5-4-6-8-22)36-29(28(23)38-31)39-13-15-45-16-14-39/h4-10,17-19,26H,11-16,20-21H2,1-3H3,(H,43,44)(H,34,35,37,38). The molecule has 1 aromatic carbocycles. The van der Waals surface area contributed by atoms with Crippen LogP contribution < -0.4 is 15.1 Å². The number of carbonyl (C=O) groups is 2. The van der Waals surface area contributed by atoms with Crippen LogP contribution >= 0.6 is 0 Å². The molecular weight excluding hydrogens is 588 g/mol. The van der Waals surface area contributed by atoms with Crippen LogP contribution in [-0.4, -0.2) is 94.0 Å². The zero-order valence-electron chi connectivity index (χ0n) is 26.2. The van der Waals surface area contributed by atoms with E-state index < -0.39 is 12.1 Å². The Balaban J connectivity index is 1.20. The summed E-state index contributed by atoms with van der Waals surface area (Å²) in [4.78, 5) is 49.0. The summed E-state index contributed by atoms with van der Waals surface area (Å²) in [5.41, 5.74) is 2.45. The Morgan fingerprint density at radius 3 is 2.46 bits per heavy atom. The van der Waals surface area contributed by atoms with Gasteiger partial charge in [0.15, 0.2) is 5.82 Å². The quantitative estimate of drug-likeness (QED) is 0.277. The van der Waals surface area contributed by atoms with E-state index in [0.29, 0.717) is 80.3 Å². The van der Waals surface area contributed by atoms with Crippen molar-refractivity contribution in [3.05, 3.63) is 72.2 Å². The molecule has 0 radical (unpaired) electrons. The minimum atomic E-state index is -0.887. The van der Waals surface area contributed by atoms with Crippen molar-refractivity contribution in [2.24, 2.45) is 5.41 Å². The molecule has 1 amide bonds. The molecule has 0 aliphatic carbocycles. The topological polar surface area (TPSA) is 146 Å². The van der Waals surface area contributed by atoms with Gasteiger partial charge < -0.3 is 34.6 Å². The summed E-state index contributed by atoms with van der Waals surface area (Å²) in [5.74, 6) is 1.20. The van der Waals surface area contributed by atoms with Crippen LogP contribution in [0.15, 0.2) is 60.9 Å². The third kappa shape index (κ3) is 6.94. The molecule has 240 valence electrons. The van der Waals surface area contributed by atoms with Crippen LogP contribution in [0, 0.1) is 5.41 Å². The number of fused-ring (bicyclic) bond motifs is 1. The van der Waals surface area contributed by atoms with Gasteiger partial charge >= 0.3 is 12.1 Å². The molecule has 5 heterocycles. The Labute approximate surface area is 267 Å². The van der Waals surface area contributed by atoms with Gasteiger partial charge in [-0.2, -0.15) is 0 Å². The maximum absolute atomic E-state index is 12.5. The first-order chi connectivity index (χ1) is 22.2. The molecule has 1 atom stereocenters. The fraction of sp³-hybridized carbons (Fsp3) is 0.394. The second-order valence-corrected chi connectivity index (χ2v) is 12.4. The number of amides is 1. The Kier molecular flexibility index (Phi) is 8.84. The molecule has 2 aliphatic heterocycles. The molecule has 1 unspecified atom stereocenters. The monoisotopic (exact) mass is 626 g/mol. The van der Waals surface area contributed by atoms with Crippen molar-refractivity contribution >= 4 is 46.2 Å². The number of carboxylic acid groups (broad SMARTS) is 1. The summed E-state index contributed by atoms with van der Waals surface area (Å²) >= 11 is 0. The van der Waals surface area contributed by atoms with Crippen LogP contribution in [0.2, 0.25) is 0 Å². The van der Waals surface area contributed by atoms with Crippen molar-refractivity contribution in [2.75, 3.05) is 61.1 Å². The average Bonchev–Trinajstić information content (AvgIpc) is 3.07. The summed E-state index contributed by atoms with van der Waals surface area (Å²) in [6, 6.07) is 14.4. The molecule has 13 nitrogen and oxygen atoms in total. The van der Waals surface area contributed by atoms with Gasteiger partial charge in [-0.15, -0.1) is 0 Å². The number of benzene rings is 1. The summed E-state index contributed by atoms with van der Waals surface area (Å²) < 4.78 is 11.1. The van der Waals surface area contributed by atoms with Crippen molar-refractivity contribution < 1.29 is 24.2 Å². The van der Waals surface area contributed by atoms with Crippen LogP contribution in [0.5, 0.6) is 0 Å². The van der Waals surface area contributed by atoms with Crippen LogP contribution in [-0.2, 0) is 16.1 Å². The van der Waals surface area contributed by atoms with E-state index in [2.05, 4.69) is 45.9 Å². The number of aromatic nitrogens is 4. The Morgan fingerprint density at radius 1 is 0.978 bits per heavy atom. The highest BCUT2D eigenvalue weighted by Crippen LogP contribution is 2.31. The lowest BCUT2D eigenvalue weighted by molar-refractivity contribution is 0.0468. The van der Waals surface area contributed by atoms with E-state index in [4.69, 9.17) is 19.4 Å². The number of morpholine rings is 1. The summed E-state index contributed by atoms with van der Waals surface area (Å²) in [6.07, 6.45) is 2.62. The van der Waals surface area contributed by atoms with Gasteiger partial charge in [-0.05, 0) is 35.7 Å². The van der Waals surface area contributed by atoms with Gasteiger partial charge in [0.2, 0.25) is 5.95 Å². The van der Waals surface area contributed by atoms with E-state index in [9.17, 15) is 14.7 Å². The molecule has 13 heteroatoms. The third-order valence-electron chi connectivity index (χ3n) is 8.25. The predicted octanol–water partition coefficient (Wildman–Crippen LogP) is 4.57. The second kappa shape index (κ2) is 13.1. The zero-order chi connectivity index (χ0) is 32.3. The number of esters is 1. The lowest BCUT2D eigenvalue weighted by Gasteiger charge is -2.46. The molecule has 0 bridgehead atoms. The van der Waals surface area contributed by atoms with Crippen molar-refractivity contribution in [3.8, 4) is 0 Å². The number of nitrogens with one attached hydrogen (secondary N) is 1. The molecular formula is C33H38N8O5. The van der Waals surface area contributed by atoms with E-state index in [1.165, 1.54) is 4.90 Å². The van der Waals surface area contributed by atoms with Crippen molar-refractivity contribution in [2.45, 2.75) is 33.4 Å². The molecule has 4 aromatic rings. The molecule has 0 spiro atoms. The van der Waals surface area contributed by atoms with E-state index >= 15 is 0 Å². The normalized spacial score (nSPS) is 17.2. The van der Waals surface area contributed by atoms with Crippen LogP contribution in [0.25, 0.3) is 10.9 Å². The molecule has 6 rings (SSSR count). The largest absolute Gasteiger partial charge is 0.465 e. The van der Waals surface area contributed by atoms with Gasteiger partial charge in [-0.1, -0.05) is 39.0 Å². The molecule has 2 aliphatic rings. The number of carbonyl (C=O) groups excluding carboxylic acids is 1. The minimum Gasteiger partial charge on any atom is -0.465 e. The number of ether oxygens (including phenoxy) is 2. The Morgan fingerprint density at radius 2 is 1.76 bits per heavy atom. The van der Waals surface area contributed by atoms with Crippen LogP contribution in [0.3, 0.4) is 0 Å². The smallest absolute Gasteiger partial charge is 0.407 e. The van der Waals surface area contributed by atoms with Crippen LogP contribution in [0.4, 0.5) is 28.1 Å². The zero-order valence-corrected chi connectivity index (χ0v) is 26.2. The van der Waals surface area contributed by atoms with E-state index in [1.54, 1.807) is 36.7 Å². The van der Waals surface area contributed by atoms with E-state index in [-0.39, 0.29) is 18.1 Å². The first-order valence-corrected chi connectivity index (χ1v) is 15.3. The number of anilines is 4. The predicted molar refractivity (Wildman–Crippen MR) is 174 cm³/mol. The van der Waals surface area contributed by atoms with Crippen molar-refractivity contribution in [3.63, 3.8) is 0 Å². The third-order valence-corrected chi connectivity index (χ3v) is 8.25. The second-order valence-electron chi connectivity index (χ2n) is 12.4. The lowest BCUT2D eigenvalue weighted by Crippen LogP contribution is -2.59. The molecule has 2 fully saturated rings. The number of rotatable bonds is 7. The Bertz CT molecular complexity index is 1690. The maximum Gasteiger partial charge on any atom is 0.407 e. The van der Waals surface area contributed by atoms with Gasteiger partial charge in [0.1, 0.15) is 17.9 Å². The highest BCUT2D eigenvalue weighted by molar-refractivity contribution is 5.90. The Hall–Kier alpha value is -5.04. The van der Waals surface area contributed by atoms with Gasteiger partial charge in [-0.25, -0.2) is 29.5 Å². The number of nitrogens with zero attached hydrogens (tertiary/aromatic N) is 7. The highest BCUT2D eigenvalue weighted by Gasteiger charge is 2.38. The van der Waals surface area contributed by atoms with Gasteiger partial charge in [-0.3, -0.25) is 0 Å². The summed E-state index contributed by atoms with van der Waals surface area (Å²) in [5, 5.41) is 13.7. The molecule has 2 N–H and O–H groups in total. The van der Waals surface area contributed by atoms with Crippen molar-refractivity contribution in [1.29, 1.82) is 0 Å². The lowest BCUT2D eigenvalue weighted by atomic mass is 9.84. The molecule has 0 saturated carbocycles. The van der Waals surface area contributed by atoms with E-state index in [0.717, 1.165) is 11.1 Å². The first kappa shape index (κ1) is 31.0. The maximum atomic E-state index is 12.5. The number of hydrogen-bond donors (Lipinski definition) is 2. The van der Waals surface area contributed by atoms with Crippen molar-refractivity contribution in [1.82, 2.24) is 24.8 Å². The van der Waals surface area contributed by atoms with Crippen LogP contribution in [0.1, 0.15) is 36.8 Å². The fourth-order valence-corrected chi connectivity index (χ4v) is 5.75. The number of hydrogen-bond acceptors (Lipinski definition) is 11. The average molecular weight is 627 g/mol. The van der Waals surface area contributed by atoms with Gasteiger partial charge in [0.25, 0.3) is 0 Å². The SMILES string of the molecule is CC(C)(C)C1CN(c2ccc(Nc3ncc4cc(COC(=O)c5ccccc5)nc(N5CCOCC5)c4n3)nc2)CCN1C(=O)O. The summed E-state index contributed by atoms with van der Waals surface area (Å²) in [6.45, 7) is 10.3. The first-order valence-electron chi connectivity index (χ1n) is 15.3. The minimum absolute atomic E-state index is 0.0130. The number of piperazine rings is 1.